The lowest BCUT2D eigenvalue weighted by molar-refractivity contribution is 0.173. The number of nitrogens with zero attached hydrogens (tertiary/aromatic N) is 1. The van der Waals surface area contributed by atoms with E-state index in [9.17, 15) is 4.79 Å². The van der Waals surface area contributed by atoms with Crippen LogP contribution in [0.1, 0.15) is 37.9 Å². The smallest absolute Gasteiger partial charge is 0.418 e. The molecule has 0 N–H and O–H groups in total. The molecule has 1 aromatic heterocycles. The molecule has 0 unspecified atom stereocenters. The van der Waals surface area contributed by atoms with Crippen molar-refractivity contribution in [2.75, 3.05) is 14.2 Å². The van der Waals surface area contributed by atoms with Gasteiger partial charge < -0.3 is 9.47 Å². The van der Waals surface area contributed by atoms with Crippen molar-refractivity contribution in [3.05, 3.63) is 29.5 Å². The fourth-order valence-corrected chi connectivity index (χ4v) is 2.84. The van der Waals surface area contributed by atoms with E-state index in [0.29, 0.717) is 0 Å². The molecular weight excluding hydrogens is 266 g/mol. The van der Waals surface area contributed by atoms with E-state index in [2.05, 4.69) is 13.8 Å². The van der Waals surface area contributed by atoms with Gasteiger partial charge in [-0.15, -0.1) is 0 Å². The van der Waals surface area contributed by atoms with Crippen LogP contribution in [0.2, 0.25) is 0 Å². The number of aromatic nitrogens is 1. The normalized spacial score (nSPS) is 10.9. The molecule has 0 atom stereocenters. The van der Waals surface area contributed by atoms with Gasteiger partial charge in [0.1, 0.15) is 5.75 Å². The number of methoxy groups -OCH3 is 2. The summed E-state index contributed by atoms with van der Waals surface area (Å²) >= 11 is 0. The van der Waals surface area contributed by atoms with Crippen LogP contribution in [0.3, 0.4) is 0 Å². The Labute approximate surface area is 125 Å². The molecule has 0 radical (unpaired) electrons. The molecular formula is C17H23NO3. The molecule has 0 aliphatic heterocycles. The van der Waals surface area contributed by atoms with Crippen molar-refractivity contribution in [2.24, 2.45) is 0 Å². The van der Waals surface area contributed by atoms with Gasteiger partial charge in [-0.05, 0) is 36.6 Å². The van der Waals surface area contributed by atoms with Crippen molar-refractivity contribution in [3.8, 4) is 5.75 Å². The lowest BCUT2D eigenvalue weighted by Gasteiger charge is -2.08. The summed E-state index contributed by atoms with van der Waals surface area (Å²) in [5, 5.41) is 1.09. The molecule has 2 aromatic rings. The van der Waals surface area contributed by atoms with Crippen molar-refractivity contribution >= 4 is 17.0 Å². The molecule has 0 spiro atoms. The third-order valence-corrected chi connectivity index (χ3v) is 3.73. The predicted molar refractivity (Wildman–Crippen MR) is 84.3 cm³/mol. The summed E-state index contributed by atoms with van der Waals surface area (Å²) in [5.41, 5.74) is 3.20. The van der Waals surface area contributed by atoms with Crippen LogP contribution in [0.15, 0.2) is 18.2 Å². The molecule has 4 heteroatoms. The summed E-state index contributed by atoms with van der Waals surface area (Å²) < 4.78 is 12.0. The second-order valence-electron chi connectivity index (χ2n) is 5.11. The van der Waals surface area contributed by atoms with E-state index in [-0.39, 0.29) is 6.09 Å². The third kappa shape index (κ3) is 2.75. The second-order valence-corrected chi connectivity index (χ2v) is 5.11. The summed E-state index contributed by atoms with van der Waals surface area (Å²) in [6.07, 6.45) is 3.51. The van der Waals surface area contributed by atoms with Crippen LogP contribution in [0.5, 0.6) is 5.75 Å². The quantitative estimate of drug-likeness (QED) is 0.829. The average molecular weight is 289 g/mol. The van der Waals surface area contributed by atoms with Crippen LogP contribution >= 0.6 is 0 Å². The Hall–Kier alpha value is -1.97. The van der Waals surface area contributed by atoms with Gasteiger partial charge >= 0.3 is 6.09 Å². The zero-order valence-corrected chi connectivity index (χ0v) is 13.2. The van der Waals surface area contributed by atoms with Crippen molar-refractivity contribution in [3.63, 3.8) is 0 Å². The highest BCUT2D eigenvalue weighted by atomic mass is 16.5. The molecule has 2 rings (SSSR count). The van der Waals surface area contributed by atoms with Crippen LogP contribution in [-0.2, 0) is 17.6 Å². The van der Waals surface area contributed by atoms with E-state index >= 15 is 0 Å². The van der Waals surface area contributed by atoms with Gasteiger partial charge in [-0.1, -0.05) is 26.7 Å². The predicted octanol–water partition coefficient (Wildman–Crippen LogP) is 4.17. The topological polar surface area (TPSA) is 40.5 Å². The Balaban J connectivity index is 2.78. The first-order valence-corrected chi connectivity index (χ1v) is 7.46. The van der Waals surface area contributed by atoms with Crippen molar-refractivity contribution in [2.45, 2.75) is 39.5 Å². The van der Waals surface area contributed by atoms with Gasteiger partial charge in [0.15, 0.2) is 0 Å². The number of carbonyl (C=O) groups excluding carboxylic acids is 1. The van der Waals surface area contributed by atoms with Gasteiger partial charge in [0, 0.05) is 11.1 Å². The summed E-state index contributed by atoms with van der Waals surface area (Å²) in [6, 6.07) is 5.83. The van der Waals surface area contributed by atoms with Crippen LogP contribution in [0.4, 0.5) is 4.79 Å². The Morgan fingerprint density at radius 2 is 1.86 bits per heavy atom. The van der Waals surface area contributed by atoms with Gasteiger partial charge in [0.2, 0.25) is 0 Å². The SMILES string of the molecule is CCCc1c(CCC)n(C(=O)OC)c2ccc(OC)cc12. The zero-order valence-electron chi connectivity index (χ0n) is 13.2. The Kier molecular flexibility index (Phi) is 4.89. The van der Waals surface area contributed by atoms with E-state index in [1.165, 1.54) is 12.7 Å². The van der Waals surface area contributed by atoms with Crippen molar-refractivity contribution in [1.82, 2.24) is 4.57 Å². The van der Waals surface area contributed by atoms with E-state index in [1.54, 1.807) is 11.7 Å². The number of aryl methyl sites for hydroxylation is 1. The van der Waals surface area contributed by atoms with E-state index in [1.807, 2.05) is 18.2 Å². The first kappa shape index (κ1) is 15.4. The number of rotatable bonds is 5. The Bertz CT molecular complexity index is 643. The fraction of sp³-hybridized carbons (Fsp3) is 0.471. The number of hydrogen-bond donors (Lipinski definition) is 0. The zero-order chi connectivity index (χ0) is 15.4. The number of ether oxygens (including phenoxy) is 2. The molecule has 0 aliphatic rings. The van der Waals surface area contributed by atoms with Crippen LogP contribution < -0.4 is 4.74 Å². The summed E-state index contributed by atoms with van der Waals surface area (Å²) in [6.45, 7) is 4.27. The maximum absolute atomic E-state index is 12.2. The molecule has 0 saturated heterocycles. The van der Waals surface area contributed by atoms with E-state index < -0.39 is 0 Å². The lowest BCUT2D eigenvalue weighted by Crippen LogP contribution is -2.15. The maximum atomic E-state index is 12.2. The monoisotopic (exact) mass is 289 g/mol. The lowest BCUT2D eigenvalue weighted by atomic mass is 10.0. The fourth-order valence-electron chi connectivity index (χ4n) is 2.84. The summed E-state index contributed by atoms with van der Waals surface area (Å²) in [5.74, 6) is 0.810. The standard InChI is InChI=1S/C17H23NO3/c1-5-7-13-14-11-12(20-3)9-10-16(14)18(17(19)21-4)15(13)8-6-2/h9-11H,5-8H2,1-4H3. The molecule has 114 valence electrons. The van der Waals surface area contributed by atoms with Gasteiger partial charge in [-0.3, -0.25) is 0 Å². The third-order valence-electron chi connectivity index (χ3n) is 3.73. The molecule has 0 amide bonds. The van der Waals surface area contributed by atoms with Gasteiger partial charge in [0.05, 0.1) is 19.7 Å². The summed E-state index contributed by atoms with van der Waals surface area (Å²) in [7, 11) is 3.08. The molecule has 0 bridgehead atoms. The Morgan fingerprint density at radius 3 is 2.43 bits per heavy atom. The minimum Gasteiger partial charge on any atom is -0.497 e. The first-order valence-electron chi connectivity index (χ1n) is 7.46. The number of fused-ring (bicyclic) bond motifs is 1. The highest BCUT2D eigenvalue weighted by Gasteiger charge is 2.21. The van der Waals surface area contributed by atoms with Crippen molar-refractivity contribution in [1.29, 1.82) is 0 Å². The second kappa shape index (κ2) is 6.66. The Morgan fingerprint density at radius 1 is 1.14 bits per heavy atom. The number of benzene rings is 1. The molecule has 1 heterocycles. The molecule has 0 fully saturated rings. The molecule has 1 aromatic carbocycles. The van der Waals surface area contributed by atoms with Gasteiger partial charge in [-0.2, -0.15) is 0 Å². The molecule has 0 saturated carbocycles. The van der Waals surface area contributed by atoms with Crippen LogP contribution in [0, 0.1) is 0 Å². The largest absolute Gasteiger partial charge is 0.497 e. The minimum atomic E-state index is -0.323. The van der Waals surface area contributed by atoms with Crippen LogP contribution in [-0.4, -0.2) is 24.9 Å². The van der Waals surface area contributed by atoms with E-state index in [4.69, 9.17) is 9.47 Å². The number of hydrogen-bond acceptors (Lipinski definition) is 3. The van der Waals surface area contributed by atoms with E-state index in [0.717, 1.165) is 48.0 Å². The first-order chi connectivity index (χ1) is 10.2. The molecule has 4 nitrogen and oxygen atoms in total. The van der Waals surface area contributed by atoms with Crippen LogP contribution in [0.25, 0.3) is 10.9 Å². The van der Waals surface area contributed by atoms with Gasteiger partial charge in [-0.25, -0.2) is 9.36 Å². The maximum Gasteiger partial charge on any atom is 0.418 e. The van der Waals surface area contributed by atoms with Gasteiger partial charge in [0.25, 0.3) is 0 Å². The highest BCUT2D eigenvalue weighted by Crippen LogP contribution is 2.31. The molecule has 0 aliphatic carbocycles. The van der Waals surface area contributed by atoms with Crippen molar-refractivity contribution < 1.29 is 14.3 Å². The molecule has 21 heavy (non-hydrogen) atoms. The average Bonchev–Trinajstić information content (AvgIpc) is 2.80. The highest BCUT2D eigenvalue weighted by molar-refractivity contribution is 5.94. The minimum absolute atomic E-state index is 0.323. The summed E-state index contributed by atoms with van der Waals surface area (Å²) in [4.78, 5) is 12.2. The number of carbonyl (C=O) groups is 1.